The van der Waals surface area contributed by atoms with Gasteiger partial charge < -0.3 is 15.4 Å². The molecule has 5 heteroatoms. The summed E-state index contributed by atoms with van der Waals surface area (Å²) in [5.41, 5.74) is 0.0924. The molecule has 1 aromatic carbocycles. The zero-order chi connectivity index (χ0) is 15.2. The molecule has 0 aliphatic heterocycles. The van der Waals surface area contributed by atoms with Crippen molar-refractivity contribution in [3.8, 4) is 11.8 Å². The van der Waals surface area contributed by atoms with Crippen LogP contribution in [-0.4, -0.2) is 25.1 Å². The van der Waals surface area contributed by atoms with E-state index < -0.39 is 5.54 Å². The Morgan fingerprint density at radius 2 is 2.00 bits per heavy atom. The predicted molar refractivity (Wildman–Crippen MR) is 78.5 cm³/mol. The van der Waals surface area contributed by atoms with Gasteiger partial charge in [0.2, 0.25) is 0 Å². The number of carbonyl (C=O) groups is 1. The molecule has 0 aliphatic carbocycles. The van der Waals surface area contributed by atoms with Gasteiger partial charge in [-0.05, 0) is 37.1 Å². The Labute approximate surface area is 119 Å². The molecule has 2 N–H and O–H groups in total. The van der Waals surface area contributed by atoms with Gasteiger partial charge in [0.1, 0.15) is 11.3 Å². The van der Waals surface area contributed by atoms with E-state index in [2.05, 4.69) is 16.7 Å². The van der Waals surface area contributed by atoms with E-state index in [9.17, 15) is 4.79 Å². The SMILES string of the molecule is CNc1ccc(OCC(=O)NC(C)(C#N)C(C)C)cc1. The van der Waals surface area contributed by atoms with Crippen molar-refractivity contribution in [2.24, 2.45) is 5.92 Å². The second-order valence-corrected chi connectivity index (χ2v) is 5.08. The van der Waals surface area contributed by atoms with E-state index in [-0.39, 0.29) is 18.4 Å². The largest absolute Gasteiger partial charge is 0.484 e. The van der Waals surface area contributed by atoms with Crippen molar-refractivity contribution in [3.63, 3.8) is 0 Å². The molecule has 0 heterocycles. The van der Waals surface area contributed by atoms with E-state index >= 15 is 0 Å². The summed E-state index contributed by atoms with van der Waals surface area (Å²) in [7, 11) is 1.83. The number of nitriles is 1. The summed E-state index contributed by atoms with van der Waals surface area (Å²) >= 11 is 0. The number of benzene rings is 1. The second kappa shape index (κ2) is 6.80. The Hall–Kier alpha value is -2.22. The first-order valence-electron chi connectivity index (χ1n) is 6.54. The summed E-state index contributed by atoms with van der Waals surface area (Å²) < 4.78 is 5.39. The fraction of sp³-hybridized carbons (Fsp3) is 0.467. The van der Waals surface area contributed by atoms with Crippen LogP contribution in [0.3, 0.4) is 0 Å². The van der Waals surface area contributed by atoms with Crippen LogP contribution >= 0.6 is 0 Å². The van der Waals surface area contributed by atoms with E-state index in [4.69, 9.17) is 10.00 Å². The van der Waals surface area contributed by atoms with Crippen molar-refractivity contribution in [3.05, 3.63) is 24.3 Å². The first-order valence-corrected chi connectivity index (χ1v) is 6.54. The van der Waals surface area contributed by atoms with Gasteiger partial charge in [-0.1, -0.05) is 13.8 Å². The lowest BCUT2D eigenvalue weighted by Gasteiger charge is -2.27. The van der Waals surface area contributed by atoms with Crippen molar-refractivity contribution in [1.82, 2.24) is 5.32 Å². The van der Waals surface area contributed by atoms with E-state index in [1.807, 2.05) is 33.0 Å². The minimum atomic E-state index is -0.879. The second-order valence-electron chi connectivity index (χ2n) is 5.08. The molecule has 0 spiro atoms. The maximum atomic E-state index is 11.8. The molecule has 0 saturated heterocycles. The lowest BCUT2D eigenvalue weighted by Crippen LogP contribution is -2.50. The molecule has 0 aliphatic rings. The Morgan fingerprint density at radius 3 is 2.45 bits per heavy atom. The number of nitrogens with zero attached hydrogens (tertiary/aromatic N) is 1. The number of hydrogen-bond acceptors (Lipinski definition) is 4. The number of amides is 1. The van der Waals surface area contributed by atoms with E-state index in [0.717, 1.165) is 5.69 Å². The highest BCUT2D eigenvalue weighted by molar-refractivity contribution is 5.78. The van der Waals surface area contributed by atoms with Crippen LogP contribution < -0.4 is 15.4 Å². The molecule has 0 radical (unpaired) electrons. The Bertz CT molecular complexity index is 491. The third-order valence-electron chi connectivity index (χ3n) is 3.30. The fourth-order valence-corrected chi connectivity index (χ4v) is 1.49. The molecule has 1 unspecified atom stereocenters. The van der Waals surface area contributed by atoms with Gasteiger partial charge in [0, 0.05) is 12.7 Å². The lowest BCUT2D eigenvalue weighted by atomic mass is 9.90. The van der Waals surface area contributed by atoms with Gasteiger partial charge in [-0.3, -0.25) is 4.79 Å². The van der Waals surface area contributed by atoms with Crippen molar-refractivity contribution < 1.29 is 9.53 Å². The summed E-state index contributed by atoms with van der Waals surface area (Å²) in [5, 5.41) is 14.8. The third kappa shape index (κ3) is 4.16. The summed E-state index contributed by atoms with van der Waals surface area (Å²) in [6.07, 6.45) is 0. The van der Waals surface area contributed by atoms with Crippen LogP contribution in [0.2, 0.25) is 0 Å². The number of ether oxygens (including phenoxy) is 1. The van der Waals surface area contributed by atoms with E-state index in [1.165, 1.54) is 0 Å². The summed E-state index contributed by atoms with van der Waals surface area (Å²) in [5.74, 6) is 0.328. The summed E-state index contributed by atoms with van der Waals surface area (Å²) in [6.45, 7) is 5.38. The number of rotatable bonds is 6. The normalized spacial score (nSPS) is 13.2. The summed E-state index contributed by atoms with van der Waals surface area (Å²) in [4.78, 5) is 11.8. The number of anilines is 1. The van der Waals surface area contributed by atoms with E-state index in [0.29, 0.717) is 5.75 Å². The van der Waals surface area contributed by atoms with Gasteiger partial charge >= 0.3 is 0 Å². The minimum absolute atomic E-state index is 0.0198. The molecule has 0 saturated carbocycles. The van der Waals surface area contributed by atoms with Crippen LogP contribution in [-0.2, 0) is 4.79 Å². The molecule has 5 nitrogen and oxygen atoms in total. The smallest absolute Gasteiger partial charge is 0.259 e. The average molecular weight is 275 g/mol. The molecule has 0 fully saturated rings. The Kier molecular flexibility index (Phi) is 5.39. The van der Waals surface area contributed by atoms with Crippen LogP contribution in [0, 0.1) is 17.2 Å². The first kappa shape index (κ1) is 15.8. The summed E-state index contributed by atoms with van der Waals surface area (Å²) in [6, 6.07) is 9.42. The molecular formula is C15H21N3O2. The van der Waals surface area contributed by atoms with Crippen molar-refractivity contribution >= 4 is 11.6 Å². The quantitative estimate of drug-likeness (QED) is 0.834. The molecule has 1 rings (SSSR count). The highest BCUT2D eigenvalue weighted by Gasteiger charge is 2.29. The maximum absolute atomic E-state index is 11.8. The zero-order valence-electron chi connectivity index (χ0n) is 12.4. The number of carbonyl (C=O) groups excluding carboxylic acids is 1. The van der Waals surface area contributed by atoms with E-state index in [1.54, 1.807) is 19.1 Å². The standard InChI is InChI=1S/C15H21N3O2/c1-11(2)15(3,10-16)18-14(19)9-20-13-7-5-12(17-4)6-8-13/h5-8,11,17H,9H2,1-4H3,(H,18,19). The Morgan fingerprint density at radius 1 is 1.40 bits per heavy atom. The molecular weight excluding hydrogens is 254 g/mol. The Balaban J connectivity index is 2.53. The van der Waals surface area contributed by atoms with Gasteiger partial charge in [0.15, 0.2) is 6.61 Å². The van der Waals surface area contributed by atoms with Crippen LogP contribution in [0.15, 0.2) is 24.3 Å². The van der Waals surface area contributed by atoms with Crippen LogP contribution in [0.5, 0.6) is 5.75 Å². The number of hydrogen-bond donors (Lipinski definition) is 2. The monoisotopic (exact) mass is 275 g/mol. The number of nitrogens with one attached hydrogen (secondary N) is 2. The van der Waals surface area contributed by atoms with Gasteiger partial charge in [-0.15, -0.1) is 0 Å². The van der Waals surface area contributed by atoms with Gasteiger partial charge in [-0.2, -0.15) is 5.26 Å². The highest BCUT2D eigenvalue weighted by atomic mass is 16.5. The lowest BCUT2D eigenvalue weighted by molar-refractivity contribution is -0.124. The average Bonchev–Trinajstić information content (AvgIpc) is 2.45. The van der Waals surface area contributed by atoms with Gasteiger partial charge in [0.25, 0.3) is 5.91 Å². The highest BCUT2D eigenvalue weighted by Crippen LogP contribution is 2.16. The molecule has 0 bridgehead atoms. The third-order valence-corrected chi connectivity index (χ3v) is 3.30. The maximum Gasteiger partial charge on any atom is 0.259 e. The van der Waals surface area contributed by atoms with Crippen LogP contribution in [0.25, 0.3) is 0 Å². The molecule has 1 atom stereocenters. The minimum Gasteiger partial charge on any atom is -0.484 e. The molecule has 108 valence electrons. The first-order chi connectivity index (χ1) is 9.41. The van der Waals surface area contributed by atoms with Gasteiger partial charge in [0.05, 0.1) is 6.07 Å². The fourth-order valence-electron chi connectivity index (χ4n) is 1.49. The topological polar surface area (TPSA) is 74.2 Å². The predicted octanol–water partition coefficient (Wildman–Crippen LogP) is 2.16. The molecule has 0 aromatic heterocycles. The van der Waals surface area contributed by atoms with Crippen LogP contribution in [0.1, 0.15) is 20.8 Å². The van der Waals surface area contributed by atoms with Crippen LogP contribution in [0.4, 0.5) is 5.69 Å². The molecule has 1 amide bonds. The van der Waals surface area contributed by atoms with Gasteiger partial charge in [-0.25, -0.2) is 0 Å². The van der Waals surface area contributed by atoms with Crippen molar-refractivity contribution in [1.29, 1.82) is 5.26 Å². The molecule has 20 heavy (non-hydrogen) atoms. The molecule has 1 aromatic rings. The van der Waals surface area contributed by atoms with Crippen molar-refractivity contribution in [2.45, 2.75) is 26.3 Å². The van der Waals surface area contributed by atoms with Crippen molar-refractivity contribution in [2.75, 3.05) is 19.0 Å². The zero-order valence-corrected chi connectivity index (χ0v) is 12.4.